The molecule has 1 saturated carbocycles. The molecule has 19 heavy (non-hydrogen) atoms. The van der Waals surface area contributed by atoms with Crippen molar-refractivity contribution < 1.29 is 14.3 Å². The second kappa shape index (κ2) is 5.46. The lowest BCUT2D eigenvalue weighted by atomic mass is 10.0. The van der Waals surface area contributed by atoms with Crippen LogP contribution < -0.4 is 11.1 Å². The van der Waals surface area contributed by atoms with Gasteiger partial charge in [-0.2, -0.15) is 0 Å². The van der Waals surface area contributed by atoms with Gasteiger partial charge in [0.05, 0.1) is 18.6 Å². The summed E-state index contributed by atoms with van der Waals surface area (Å²) in [5, 5.41) is 2.84. The fourth-order valence-electron chi connectivity index (χ4n) is 2.41. The molecule has 1 aliphatic carbocycles. The maximum Gasteiger partial charge on any atom is 0.245 e. The summed E-state index contributed by atoms with van der Waals surface area (Å²) >= 11 is 0. The molecule has 2 fully saturated rings. The number of ether oxygens (including phenoxy) is 1. The molecule has 0 bridgehead atoms. The van der Waals surface area contributed by atoms with Crippen LogP contribution >= 0.6 is 0 Å². The number of nitrogens with two attached hydrogens (primary N) is 1. The molecule has 1 saturated heterocycles. The van der Waals surface area contributed by atoms with Gasteiger partial charge in [0, 0.05) is 19.1 Å². The van der Waals surface area contributed by atoms with Crippen molar-refractivity contribution in [2.45, 2.75) is 38.8 Å². The fraction of sp³-hybridized carbons (Fsp3) is 0.846. The van der Waals surface area contributed by atoms with Crippen molar-refractivity contribution in [1.29, 1.82) is 0 Å². The first-order valence-corrected chi connectivity index (χ1v) is 6.89. The van der Waals surface area contributed by atoms with Crippen molar-refractivity contribution >= 4 is 11.8 Å². The summed E-state index contributed by atoms with van der Waals surface area (Å²) < 4.78 is 5.35. The van der Waals surface area contributed by atoms with Crippen LogP contribution in [-0.4, -0.2) is 55.1 Å². The van der Waals surface area contributed by atoms with Gasteiger partial charge in [-0.1, -0.05) is 0 Å². The van der Waals surface area contributed by atoms with Gasteiger partial charge in [0.2, 0.25) is 11.8 Å². The minimum absolute atomic E-state index is 0.0159. The van der Waals surface area contributed by atoms with Crippen molar-refractivity contribution in [1.82, 2.24) is 10.2 Å². The van der Waals surface area contributed by atoms with E-state index in [2.05, 4.69) is 5.32 Å². The number of amides is 2. The van der Waals surface area contributed by atoms with E-state index in [1.807, 2.05) is 13.8 Å². The van der Waals surface area contributed by atoms with Gasteiger partial charge in [0.15, 0.2) is 0 Å². The number of morpholine rings is 1. The quantitative estimate of drug-likeness (QED) is 0.719. The second-order valence-corrected chi connectivity index (χ2v) is 5.74. The number of carbonyl (C=O) groups is 2. The van der Waals surface area contributed by atoms with Crippen LogP contribution in [0.4, 0.5) is 0 Å². The number of rotatable bonds is 4. The molecule has 0 aromatic rings. The number of hydrogen-bond acceptors (Lipinski definition) is 4. The highest BCUT2D eigenvalue weighted by Gasteiger charge is 2.52. The highest BCUT2D eigenvalue weighted by Crippen LogP contribution is 2.46. The van der Waals surface area contributed by atoms with E-state index in [4.69, 9.17) is 10.5 Å². The van der Waals surface area contributed by atoms with Crippen LogP contribution in [0.5, 0.6) is 0 Å². The van der Waals surface area contributed by atoms with Crippen molar-refractivity contribution in [3.8, 4) is 0 Å². The molecule has 0 aromatic carbocycles. The molecule has 1 unspecified atom stereocenters. The standard InChI is InChI=1S/C13H23N3O3/c1-9(2)15-11(17)10-7-19-6-5-16(10)12(18)13(8-14)3-4-13/h9-10H,3-8,14H2,1-2H3,(H,15,17). The van der Waals surface area contributed by atoms with Crippen LogP contribution in [0.3, 0.4) is 0 Å². The molecule has 2 amide bonds. The van der Waals surface area contributed by atoms with Crippen LogP contribution in [0.1, 0.15) is 26.7 Å². The Bertz CT molecular complexity index is 366. The van der Waals surface area contributed by atoms with Crippen LogP contribution in [0, 0.1) is 5.41 Å². The highest BCUT2D eigenvalue weighted by atomic mass is 16.5. The molecule has 2 aliphatic rings. The molecule has 1 atom stereocenters. The molecular weight excluding hydrogens is 246 g/mol. The van der Waals surface area contributed by atoms with Crippen LogP contribution in [0.2, 0.25) is 0 Å². The topological polar surface area (TPSA) is 84.7 Å². The van der Waals surface area contributed by atoms with Gasteiger partial charge in [-0.3, -0.25) is 9.59 Å². The Morgan fingerprint density at radius 1 is 1.47 bits per heavy atom. The van der Waals surface area contributed by atoms with Gasteiger partial charge >= 0.3 is 0 Å². The van der Waals surface area contributed by atoms with E-state index in [-0.39, 0.29) is 24.5 Å². The van der Waals surface area contributed by atoms with Crippen LogP contribution in [0.25, 0.3) is 0 Å². The highest BCUT2D eigenvalue weighted by molar-refractivity contribution is 5.92. The predicted octanol–water partition coefficient (Wildman–Crippen LogP) is -0.523. The SMILES string of the molecule is CC(C)NC(=O)C1COCCN1C(=O)C1(CN)CC1. The number of hydrogen-bond donors (Lipinski definition) is 2. The minimum Gasteiger partial charge on any atom is -0.377 e. The molecule has 0 radical (unpaired) electrons. The average molecular weight is 269 g/mol. The molecule has 6 heteroatoms. The van der Waals surface area contributed by atoms with E-state index in [1.54, 1.807) is 4.90 Å². The molecule has 6 nitrogen and oxygen atoms in total. The third-order valence-electron chi connectivity index (χ3n) is 3.82. The zero-order valence-corrected chi connectivity index (χ0v) is 11.6. The first-order valence-electron chi connectivity index (χ1n) is 6.89. The van der Waals surface area contributed by atoms with Crippen LogP contribution in [0.15, 0.2) is 0 Å². The molecular formula is C13H23N3O3. The Kier molecular flexibility index (Phi) is 4.10. The van der Waals surface area contributed by atoms with E-state index < -0.39 is 11.5 Å². The van der Waals surface area contributed by atoms with Gasteiger partial charge in [-0.15, -0.1) is 0 Å². The normalized spacial score (nSPS) is 25.3. The summed E-state index contributed by atoms with van der Waals surface area (Å²) in [6.45, 7) is 5.38. The largest absolute Gasteiger partial charge is 0.377 e. The molecule has 108 valence electrons. The summed E-state index contributed by atoms with van der Waals surface area (Å²) in [6, 6.07) is -0.469. The maximum absolute atomic E-state index is 12.5. The lowest BCUT2D eigenvalue weighted by Gasteiger charge is -2.37. The molecule has 3 N–H and O–H groups in total. The average Bonchev–Trinajstić information content (AvgIpc) is 3.18. The molecule has 0 aromatic heterocycles. The third-order valence-corrected chi connectivity index (χ3v) is 3.82. The summed E-state index contributed by atoms with van der Waals surface area (Å²) in [4.78, 5) is 26.3. The lowest BCUT2D eigenvalue weighted by molar-refractivity contribution is -0.152. The van der Waals surface area contributed by atoms with Gasteiger partial charge in [0.1, 0.15) is 6.04 Å². The van der Waals surface area contributed by atoms with Gasteiger partial charge in [-0.25, -0.2) is 0 Å². The Balaban J connectivity index is 2.07. The Morgan fingerprint density at radius 3 is 2.68 bits per heavy atom. The number of nitrogens with one attached hydrogen (secondary N) is 1. The lowest BCUT2D eigenvalue weighted by Crippen LogP contribution is -2.58. The van der Waals surface area contributed by atoms with E-state index in [1.165, 1.54) is 0 Å². The fourth-order valence-corrected chi connectivity index (χ4v) is 2.41. The van der Waals surface area contributed by atoms with Gasteiger partial charge < -0.3 is 20.7 Å². The van der Waals surface area contributed by atoms with E-state index >= 15 is 0 Å². The number of carbonyl (C=O) groups excluding carboxylic acids is 2. The minimum atomic E-state index is -0.521. The first-order chi connectivity index (χ1) is 9.00. The molecule has 2 rings (SSSR count). The zero-order valence-electron chi connectivity index (χ0n) is 11.6. The van der Waals surface area contributed by atoms with Crippen molar-refractivity contribution in [2.75, 3.05) is 26.3 Å². The summed E-state index contributed by atoms with van der Waals surface area (Å²) in [5.41, 5.74) is 5.29. The zero-order chi connectivity index (χ0) is 14.0. The van der Waals surface area contributed by atoms with Crippen molar-refractivity contribution in [3.63, 3.8) is 0 Å². The summed E-state index contributed by atoms with van der Waals surface area (Å²) in [5.74, 6) is -0.127. The van der Waals surface area contributed by atoms with Gasteiger partial charge in [-0.05, 0) is 26.7 Å². The maximum atomic E-state index is 12.5. The predicted molar refractivity (Wildman–Crippen MR) is 70.3 cm³/mol. The molecule has 1 heterocycles. The van der Waals surface area contributed by atoms with Crippen molar-refractivity contribution in [3.05, 3.63) is 0 Å². The Morgan fingerprint density at radius 2 is 2.16 bits per heavy atom. The van der Waals surface area contributed by atoms with Crippen molar-refractivity contribution in [2.24, 2.45) is 11.1 Å². The monoisotopic (exact) mass is 269 g/mol. The Labute approximate surface area is 113 Å². The third kappa shape index (κ3) is 2.90. The summed E-state index contributed by atoms with van der Waals surface area (Å²) in [6.07, 6.45) is 1.66. The molecule has 1 aliphatic heterocycles. The second-order valence-electron chi connectivity index (χ2n) is 5.74. The Hall–Kier alpha value is -1.14. The van der Waals surface area contributed by atoms with E-state index in [9.17, 15) is 9.59 Å². The molecule has 0 spiro atoms. The van der Waals surface area contributed by atoms with E-state index in [0.717, 1.165) is 12.8 Å². The van der Waals surface area contributed by atoms with Crippen LogP contribution in [-0.2, 0) is 14.3 Å². The van der Waals surface area contributed by atoms with Gasteiger partial charge in [0.25, 0.3) is 0 Å². The summed E-state index contributed by atoms with van der Waals surface area (Å²) in [7, 11) is 0. The first kappa shape index (κ1) is 14.3. The smallest absolute Gasteiger partial charge is 0.245 e. The van der Waals surface area contributed by atoms with E-state index in [0.29, 0.717) is 19.7 Å². The number of nitrogens with zero attached hydrogens (tertiary/aromatic N) is 1.